The number of ether oxygens (including phenoxy) is 1. The molecule has 0 bridgehead atoms. The highest BCUT2D eigenvalue weighted by Gasteiger charge is 2.49. The second-order valence-electron chi connectivity index (χ2n) is 11.0. The Balaban J connectivity index is 1.42. The fourth-order valence-electron chi connectivity index (χ4n) is 5.89. The van der Waals surface area contributed by atoms with E-state index in [4.69, 9.17) is 4.74 Å². The van der Waals surface area contributed by atoms with Crippen LogP contribution in [0, 0.1) is 0 Å². The number of rotatable bonds is 8. The molecule has 0 radical (unpaired) electrons. The van der Waals surface area contributed by atoms with E-state index in [1.807, 2.05) is 24.6 Å². The van der Waals surface area contributed by atoms with Gasteiger partial charge in [0.25, 0.3) is 12.4 Å². The number of hydrogen-bond donors (Lipinski definition) is 1. The molecule has 6 rings (SSSR count). The Morgan fingerprint density at radius 2 is 2.00 bits per heavy atom. The summed E-state index contributed by atoms with van der Waals surface area (Å²) in [6, 6.07) is 9.60. The minimum Gasteiger partial charge on any atom is -0.439 e. The number of carbonyl (C=O) groups excluding carboxylic acids is 2. The minimum atomic E-state index is -4.76. The zero-order valence-electron chi connectivity index (χ0n) is 22.0. The first-order chi connectivity index (χ1) is 19.1. The van der Waals surface area contributed by atoms with Crippen LogP contribution in [0.15, 0.2) is 42.7 Å². The first kappa shape index (κ1) is 26.8. The highest BCUT2D eigenvalue weighted by atomic mass is 32.2. The quantitative estimate of drug-likeness (QED) is 0.391. The first-order valence-electron chi connectivity index (χ1n) is 13.0. The third kappa shape index (κ3) is 4.28. The average molecular weight is 572 g/mol. The number of aryl methyl sites for hydroxylation is 1. The summed E-state index contributed by atoms with van der Waals surface area (Å²) in [6.45, 7) is 2.31. The Labute approximate surface area is 233 Å². The van der Waals surface area contributed by atoms with E-state index < -0.39 is 29.3 Å². The van der Waals surface area contributed by atoms with Gasteiger partial charge in [-0.25, -0.2) is 0 Å². The zero-order chi connectivity index (χ0) is 28.3. The number of hydrogen-bond acceptors (Lipinski definition) is 7. The molecule has 1 saturated heterocycles. The van der Waals surface area contributed by atoms with Crippen molar-refractivity contribution in [1.29, 1.82) is 0 Å². The number of thioether (sulfide) groups is 1. The number of halogens is 3. The number of fused-ring (bicyclic) bond motifs is 1. The molecule has 2 fully saturated rings. The number of alkyl halides is 3. The maximum atomic E-state index is 14.4. The molecule has 8 nitrogen and oxygen atoms in total. The van der Waals surface area contributed by atoms with Gasteiger partial charge in [0.15, 0.2) is 0 Å². The van der Waals surface area contributed by atoms with Crippen LogP contribution in [0.4, 0.5) is 18.9 Å². The van der Waals surface area contributed by atoms with Crippen molar-refractivity contribution < 1.29 is 27.5 Å². The molecular weight excluding hydrogens is 543 g/mol. The number of carbonyl (C=O) groups is 2. The molecule has 1 N–H and O–H groups in total. The number of nitrogens with zero attached hydrogens (tertiary/aromatic N) is 4. The zero-order valence-corrected chi connectivity index (χ0v) is 22.8. The summed E-state index contributed by atoms with van der Waals surface area (Å²) in [5.74, 6) is 1.58. The average Bonchev–Trinajstić information content (AvgIpc) is 3.41. The number of amides is 1. The summed E-state index contributed by atoms with van der Waals surface area (Å²) in [5.41, 5.74) is -0.514. The summed E-state index contributed by atoms with van der Waals surface area (Å²) in [4.78, 5) is 26.5. The van der Waals surface area contributed by atoms with Gasteiger partial charge in [-0.15, -0.1) is 10.2 Å². The summed E-state index contributed by atoms with van der Waals surface area (Å²) >= 11 is 1.74. The molecule has 2 aromatic carbocycles. The van der Waals surface area contributed by atoms with Crippen LogP contribution < -0.4 is 10.2 Å². The summed E-state index contributed by atoms with van der Waals surface area (Å²) < 4.78 is 50.3. The highest BCUT2D eigenvalue weighted by Crippen LogP contribution is 2.49. The SMILES string of the molecule is Cn1cnnc1C1(c2cccc(N3C(=O)c4cc(CNC5(C)CCC5)cc(C(F)(F)F)c4C3OC=O)c2)CSC1. The van der Waals surface area contributed by atoms with Crippen molar-refractivity contribution in [2.24, 2.45) is 7.05 Å². The van der Waals surface area contributed by atoms with Crippen LogP contribution in [0.3, 0.4) is 0 Å². The third-order valence-electron chi connectivity index (χ3n) is 8.35. The van der Waals surface area contributed by atoms with E-state index in [0.29, 0.717) is 11.3 Å². The predicted octanol–water partition coefficient (Wildman–Crippen LogP) is 4.73. The van der Waals surface area contributed by atoms with E-state index in [1.165, 1.54) is 6.07 Å². The Kier molecular flexibility index (Phi) is 6.45. The van der Waals surface area contributed by atoms with Crippen LogP contribution >= 0.6 is 11.8 Å². The summed E-state index contributed by atoms with van der Waals surface area (Å²) in [7, 11) is 1.86. The van der Waals surface area contributed by atoms with Crippen molar-refractivity contribution in [3.63, 3.8) is 0 Å². The van der Waals surface area contributed by atoms with E-state index in [-0.39, 0.29) is 29.7 Å². The van der Waals surface area contributed by atoms with Crippen LogP contribution in [0.25, 0.3) is 0 Å². The van der Waals surface area contributed by atoms with Gasteiger partial charge < -0.3 is 14.6 Å². The van der Waals surface area contributed by atoms with Crippen molar-refractivity contribution in [2.45, 2.75) is 56.1 Å². The lowest BCUT2D eigenvalue weighted by atomic mass is 9.78. The van der Waals surface area contributed by atoms with Crippen molar-refractivity contribution in [3.8, 4) is 0 Å². The van der Waals surface area contributed by atoms with Crippen molar-refractivity contribution >= 4 is 29.8 Å². The lowest BCUT2D eigenvalue weighted by molar-refractivity contribution is -0.142. The third-order valence-corrected chi connectivity index (χ3v) is 9.74. The fourth-order valence-corrected chi connectivity index (χ4v) is 7.10. The molecule has 0 spiro atoms. The van der Waals surface area contributed by atoms with Crippen molar-refractivity contribution in [3.05, 3.63) is 76.4 Å². The Bertz CT molecular complexity index is 1480. The fraction of sp³-hybridized carbons (Fsp3) is 0.429. The molecule has 1 unspecified atom stereocenters. The molecule has 1 amide bonds. The molecule has 1 atom stereocenters. The molecule has 1 aliphatic carbocycles. The number of aromatic nitrogens is 3. The standard InChI is InChI=1S/C28H28F3N5O3S/c1-26(7-4-8-26)32-12-17-9-20-22(21(10-17)28(29,30)31)24(39-16-37)36(23(20)38)19-6-3-5-18(11-19)27(13-40-14-27)25-34-33-15-35(25)2/h3,5-6,9-11,15-16,24,32H,4,7-8,12-14H2,1-2H3. The van der Waals surface area contributed by atoms with Crippen LogP contribution in [0.1, 0.15) is 70.9 Å². The van der Waals surface area contributed by atoms with Crippen molar-refractivity contribution in [1.82, 2.24) is 20.1 Å². The Hall–Kier alpha value is -3.38. The van der Waals surface area contributed by atoms with Crippen LogP contribution in [-0.2, 0) is 34.7 Å². The van der Waals surface area contributed by atoms with Gasteiger partial charge in [0.1, 0.15) is 12.2 Å². The van der Waals surface area contributed by atoms with Crippen LogP contribution in [0.5, 0.6) is 0 Å². The lowest BCUT2D eigenvalue weighted by Crippen LogP contribution is -2.47. The molecule has 2 aliphatic heterocycles. The van der Waals surface area contributed by atoms with Gasteiger partial charge >= 0.3 is 6.18 Å². The van der Waals surface area contributed by atoms with Gasteiger partial charge in [-0.3, -0.25) is 14.5 Å². The van der Waals surface area contributed by atoms with E-state index in [2.05, 4.69) is 15.5 Å². The number of benzene rings is 2. The van der Waals surface area contributed by atoms with E-state index in [9.17, 15) is 22.8 Å². The van der Waals surface area contributed by atoms with E-state index in [1.54, 1.807) is 36.3 Å². The molecular formula is C28H28F3N5O3S. The molecule has 210 valence electrons. The molecule has 3 aromatic rings. The number of nitrogens with one attached hydrogen (secondary N) is 1. The largest absolute Gasteiger partial charge is 0.439 e. The second kappa shape index (κ2) is 9.62. The second-order valence-corrected chi connectivity index (χ2v) is 12.0. The summed E-state index contributed by atoms with van der Waals surface area (Å²) in [5, 5.41) is 11.7. The van der Waals surface area contributed by atoms with Crippen LogP contribution in [0.2, 0.25) is 0 Å². The molecule has 3 heterocycles. The normalized spacial score (nSPS) is 21.0. The van der Waals surface area contributed by atoms with Gasteiger partial charge in [-0.1, -0.05) is 12.1 Å². The highest BCUT2D eigenvalue weighted by molar-refractivity contribution is 8.00. The number of anilines is 1. The van der Waals surface area contributed by atoms with Gasteiger partial charge in [0.2, 0.25) is 6.23 Å². The Morgan fingerprint density at radius 1 is 1.23 bits per heavy atom. The van der Waals surface area contributed by atoms with Gasteiger partial charge in [0, 0.05) is 47.5 Å². The molecule has 12 heteroatoms. The molecule has 40 heavy (non-hydrogen) atoms. The van der Waals surface area contributed by atoms with E-state index >= 15 is 0 Å². The van der Waals surface area contributed by atoms with Crippen LogP contribution in [-0.4, -0.2) is 44.2 Å². The van der Waals surface area contributed by atoms with Gasteiger partial charge in [-0.05, 0) is 61.6 Å². The topological polar surface area (TPSA) is 89.3 Å². The Morgan fingerprint density at radius 3 is 2.58 bits per heavy atom. The predicted molar refractivity (Wildman–Crippen MR) is 143 cm³/mol. The van der Waals surface area contributed by atoms with E-state index in [0.717, 1.165) is 53.1 Å². The smallest absolute Gasteiger partial charge is 0.416 e. The maximum Gasteiger partial charge on any atom is 0.416 e. The molecule has 1 saturated carbocycles. The van der Waals surface area contributed by atoms with Gasteiger partial charge in [0.05, 0.1) is 11.0 Å². The van der Waals surface area contributed by atoms with Crippen molar-refractivity contribution in [2.75, 3.05) is 16.4 Å². The summed E-state index contributed by atoms with van der Waals surface area (Å²) in [6.07, 6.45) is -1.75. The first-order valence-corrected chi connectivity index (χ1v) is 14.2. The lowest BCUT2D eigenvalue weighted by Gasteiger charge is -2.41. The minimum absolute atomic E-state index is 0.0839. The molecule has 3 aliphatic rings. The van der Waals surface area contributed by atoms with Gasteiger partial charge in [-0.2, -0.15) is 24.9 Å². The monoisotopic (exact) mass is 571 g/mol. The maximum absolute atomic E-state index is 14.4. The molecule has 1 aromatic heterocycles.